The Hall–Kier alpha value is -3.87. The lowest BCUT2D eigenvalue weighted by Gasteiger charge is -2.08. The molecule has 142 valence electrons. The Morgan fingerprint density at radius 3 is 2.69 bits per heavy atom. The maximum absolute atomic E-state index is 12.7. The molecule has 1 amide bonds. The summed E-state index contributed by atoms with van der Waals surface area (Å²) >= 11 is 0. The Balaban J connectivity index is 1.35. The van der Waals surface area contributed by atoms with Crippen LogP contribution in [0.3, 0.4) is 0 Å². The minimum absolute atomic E-state index is 0.274. The van der Waals surface area contributed by atoms with Crippen molar-refractivity contribution >= 4 is 11.6 Å². The Bertz CT molecular complexity index is 1150. The Kier molecular flexibility index (Phi) is 4.32. The smallest absolute Gasteiger partial charge is 0.274 e. The van der Waals surface area contributed by atoms with E-state index in [1.807, 2.05) is 36.5 Å². The summed E-state index contributed by atoms with van der Waals surface area (Å²) in [6, 6.07) is 15.2. The van der Waals surface area contributed by atoms with Crippen molar-refractivity contribution in [2.75, 3.05) is 5.32 Å². The molecule has 0 saturated heterocycles. The molecule has 7 nitrogen and oxygen atoms in total. The summed E-state index contributed by atoms with van der Waals surface area (Å²) in [7, 11) is 0. The van der Waals surface area contributed by atoms with Crippen molar-refractivity contribution < 1.29 is 4.79 Å². The number of hydrogen-bond acceptors (Lipinski definition) is 5. The van der Waals surface area contributed by atoms with E-state index < -0.39 is 0 Å². The second-order valence-electron chi connectivity index (χ2n) is 7.05. The van der Waals surface area contributed by atoms with Crippen LogP contribution in [0, 0.1) is 0 Å². The maximum atomic E-state index is 12.7. The van der Waals surface area contributed by atoms with E-state index in [9.17, 15) is 4.79 Å². The third-order valence-electron chi connectivity index (χ3n) is 4.92. The molecule has 1 aromatic carbocycles. The Morgan fingerprint density at radius 2 is 1.93 bits per heavy atom. The summed E-state index contributed by atoms with van der Waals surface area (Å²) < 4.78 is 0. The van der Waals surface area contributed by atoms with E-state index in [0.717, 1.165) is 22.4 Å². The molecule has 1 fully saturated rings. The number of carbonyl (C=O) groups is 1. The molecule has 3 aromatic heterocycles. The molecular formula is C22H18N6O. The number of carbonyl (C=O) groups excluding carboxylic acids is 1. The first-order valence-electron chi connectivity index (χ1n) is 9.46. The van der Waals surface area contributed by atoms with Gasteiger partial charge in [-0.1, -0.05) is 18.2 Å². The molecule has 0 aliphatic heterocycles. The first-order chi connectivity index (χ1) is 14.3. The number of amides is 1. The van der Waals surface area contributed by atoms with Crippen LogP contribution in [0.5, 0.6) is 0 Å². The number of anilines is 1. The molecule has 4 aromatic rings. The molecule has 1 saturated carbocycles. The molecule has 0 spiro atoms. The molecule has 2 N–H and O–H groups in total. The summed E-state index contributed by atoms with van der Waals surface area (Å²) in [6.45, 7) is 0. The predicted octanol–water partition coefficient (Wildman–Crippen LogP) is 4.06. The lowest BCUT2D eigenvalue weighted by Crippen LogP contribution is -2.13. The first-order valence-corrected chi connectivity index (χ1v) is 9.46. The lowest BCUT2D eigenvalue weighted by atomic mass is 10.1. The molecule has 29 heavy (non-hydrogen) atoms. The minimum Gasteiger partial charge on any atom is -0.328 e. The second-order valence-corrected chi connectivity index (χ2v) is 7.05. The summed E-state index contributed by atoms with van der Waals surface area (Å²) in [6.07, 6.45) is 7.48. The molecule has 0 unspecified atom stereocenters. The highest BCUT2D eigenvalue weighted by Crippen LogP contribution is 2.39. The van der Waals surface area contributed by atoms with Crippen LogP contribution in [0.4, 0.5) is 5.69 Å². The number of pyridine rings is 2. The van der Waals surface area contributed by atoms with Gasteiger partial charge in [0.1, 0.15) is 12.0 Å². The van der Waals surface area contributed by atoms with Crippen molar-refractivity contribution in [3.8, 4) is 22.5 Å². The number of hydrogen-bond donors (Lipinski definition) is 2. The molecule has 3 heterocycles. The van der Waals surface area contributed by atoms with Gasteiger partial charge in [0.25, 0.3) is 5.91 Å². The van der Waals surface area contributed by atoms with Crippen LogP contribution in [-0.2, 0) is 0 Å². The summed E-state index contributed by atoms with van der Waals surface area (Å²) in [5.41, 5.74) is 4.87. The normalized spacial score (nSPS) is 13.2. The Labute approximate surface area is 167 Å². The summed E-state index contributed by atoms with van der Waals surface area (Å²) in [5, 5.41) is 10.7. The van der Waals surface area contributed by atoms with Crippen molar-refractivity contribution in [2.45, 2.75) is 18.8 Å². The van der Waals surface area contributed by atoms with Gasteiger partial charge in [-0.25, -0.2) is 0 Å². The standard InChI is InChI=1S/C22H18N6O/c29-22(27-18-3-1-2-16(10-18)21-25-13-26-28-21)20-11-15(8-9-23-20)17-6-7-19(24-12-17)14-4-5-14/h1-3,6-14H,4-5H2,(H,27,29)(H,25,26,28). The number of nitrogens with one attached hydrogen (secondary N) is 2. The van der Waals surface area contributed by atoms with Crippen molar-refractivity contribution in [1.82, 2.24) is 25.1 Å². The van der Waals surface area contributed by atoms with Crippen LogP contribution >= 0.6 is 0 Å². The molecule has 7 heteroatoms. The third kappa shape index (κ3) is 3.75. The second kappa shape index (κ2) is 7.27. The van der Waals surface area contributed by atoms with Crippen molar-refractivity contribution in [2.24, 2.45) is 0 Å². The zero-order valence-corrected chi connectivity index (χ0v) is 15.5. The zero-order valence-electron chi connectivity index (χ0n) is 15.5. The fraction of sp³-hybridized carbons (Fsp3) is 0.136. The van der Waals surface area contributed by atoms with E-state index in [-0.39, 0.29) is 5.91 Å². The average molecular weight is 382 g/mol. The van der Waals surface area contributed by atoms with E-state index in [1.165, 1.54) is 19.2 Å². The number of benzene rings is 1. The topological polar surface area (TPSA) is 96.5 Å². The molecule has 5 rings (SSSR count). The van der Waals surface area contributed by atoms with E-state index in [0.29, 0.717) is 23.1 Å². The van der Waals surface area contributed by atoms with Gasteiger partial charge < -0.3 is 10.3 Å². The minimum atomic E-state index is -0.274. The maximum Gasteiger partial charge on any atom is 0.274 e. The van der Waals surface area contributed by atoms with Crippen LogP contribution in [0.15, 0.2) is 67.3 Å². The number of rotatable bonds is 5. The monoisotopic (exact) mass is 382 g/mol. The first kappa shape index (κ1) is 17.2. The van der Waals surface area contributed by atoms with Gasteiger partial charge in [-0.05, 0) is 48.7 Å². The Morgan fingerprint density at radius 1 is 1.00 bits per heavy atom. The van der Waals surface area contributed by atoms with E-state index in [2.05, 4.69) is 42.6 Å². The van der Waals surface area contributed by atoms with Gasteiger partial charge in [-0.2, -0.15) is 0 Å². The van der Waals surface area contributed by atoms with Crippen LogP contribution in [0.25, 0.3) is 22.5 Å². The van der Waals surface area contributed by atoms with E-state index in [4.69, 9.17) is 0 Å². The van der Waals surface area contributed by atoms with Crippen molar-refractivity contribution in [3.63, 3.8) is 0 Å². The molecular weight excluding hydrogens is 364 g/mol. The largest absolute Gasteiger partial charge is 0.328 e. The highest BCUT2D eigenvalue weighted by molar-refractivity contribution is 6.03. The third-order valence-corrected chi connectivity index (χ3v) is 4.92. The van der Waals surface area contributed by atoms with Crippen molar-refractivity contribution in [3.05, 3.63) is 78.6 Å². The fourth-order valence-electron chi connectivity index (χ4n) is 3.22. The number of H-pyrrole nitrogens is 1. The van der Waals surface area contributed by atoms with Gasteiger partial charge in [0, 0.05) is 40.8 Å². The van der Waals surface area contributed by atoms with Crippen LogP contribution in [-0.4, -0.2) is 31.1 Å². The molecule has 1 aliphatic carbocycles. The van der Waals surface area contributed by atoms with Crippen LogP contribution in [0.2, 0.25) is 0 Å². The van der Waals surface area contributed by atoms with Gasteiger partial charge >= 0.3 is 0 Å². The average Bonchev–Trinajstić information content (AvgIpc) is 3.48. The van der Waals surface area contributed by atoms with Gasteiger partial charge in [-0.3, -0.25) is 14.8 Å². The van der Waals surface area contributed by atoms with Gasteiger partial charge in [-0.15, -0.1) is 10.2 Å². The fourth-order valence-corrected chi connectivity index (χ4v) is 3.22. The predicted molar refractivity (Wildman–Crippen MR) is 109 cm³/mol. The SMILES string of the molecule is O=C(Nc1cccc(-c2nnc[nH]2)c1)c1cc(-c2ccc(C3CC3)nc2)ccn1. The van der Waals surface area contributed by atoms with Gasteiger partial charge in [0.2, 0.25) is 0 Å². The highest BCUT2D eigenvalue weighted by Gasteiger charge is 2.24. The zero-order chi connectivity index (χ0) is 19.6. The highest BCUT2D eigenvalue weighted by atomic mass is 16.1. The quantitative estimate of drug-likeness (QED) is 0.543. The lowest BCUT2D eigenvalue weighted by molar-refractivity contribution is 0.102. The molecule has 0 radical (unpaired) electrons. The number of nitrogens with zero attached hydrogens (tertiary/aromatic N) is 4. The number of aromatic amines is 1. The number of aromatic nitrogens is 5. The van der Waals surface area contributed by atoms with Gasteiger partial charge in [0.05, 0.1) is 0 Å². The summed E-state index contributed by atoms with van der Waals surface area (Å²) in [5.74, 6) is 0.989. The molecule has 0 atom stereocenters. The van der Waals surface area contributed by atoms with Gasteiger partial charge in [0.15, 0.2) is 5.82 Å². The van der Waals surface area contributed by atoms with E-state index in [1.54, 1.807) is 12.3 Å². The molecule has 1 aliphatic rings. The van der Waals surface area contributed by atoms with Crippen molar-refractivity contribution in [1.29, 1.82) is 0 Å². The molecule has 0 bridgehead atoms. The van der Waals surface area contributed by atoms with Crippen LogP contribution < -0.4 is 5.32 Å². The van der Waals surface area contributed by atoms with E-state index >= 15 is 0 Å². The van der Waals surface area contributed by atoms with Crippen LogP contribution in [0.1, 0.15) is 34.9 Å². The summed E-state index contributed by atoms with van der Waals surface area (Å²) in [4.78, 5) is 24.5.